The van der Waals surface area contributed by atoms with E-state index in [0.717, 1.165) is 5.69 Å². The Morgan fingerprint density at radius 1 is 0.905 bits per heavy atom. The predicted octanol–water partition coefficient (Wildman–Crippen LogP) is 3.27. The second-order valence-corrected chi connectivity index (χ2v) is 4.67. The van der Waals surface area contributed by atoms with Crippen molar-refractivity contribution in [3.63, 3.8) is 0 Å². The molecule has 112 valence electrons. The van der Waals surface area contributed by atoms with Gasteiger partial charge in [0.1, 0.15) is 17.2 Å². The molecule has 0 radical (unpaired) electrons. The van der Waals surface area contributed by atoms with Crippen LogP contribution in [0, 0.1) is 0 Å². The number of benzene rings is 2. The van der Waals surface area contributed by atoms with Crippen molar-refractivity contribution in [2.24, 2.45) is 0 Å². The first-order valence-corrected chi connectivity index (χ1v) is 6.45. The minimum Gasteiger partial charge on any atom is -0.504 e. The number of hydrogen-bond acceptors (Lipinski definition) is 5. The van der Waals surface area contributed by atoms with E-state index < -0.39 is 0 Å². The van der Waals surface area contributed by atoms with E-state index in [1.807, 2.05) is 25.1 Å². The van der Waals surface area contributed by atoms with Gasteiger partial charge in [0.15, 0.2) is 11.5 Å². The zero-order valence-electron chi connectivity index (χ0n) is 12.6. The minimum absolute atomic E-state index is 0.0722. The molecule has 0 aliphatic rings. The number of nitrogens with zero attached hydrogens (tertiary/aromatic N) is 1. The van der Waals surface area contributed by atoms with Crippen molar-refractivity contribution >= 4 is 5.69 Å². The average Bonchev–Trinajstić information content (AvgIpc) is 2.48. The molecule has 0 aromatic heterocycles. The molecule has 5 nitrogen and oxygen atoms in total. The predicted molar refractivity (Wildman–Crippen MR) is 82.1 cm³/mol. The van der Waals surface area contributed by atoms with E-state index in [1.165, 1.54) is 0 Å². The Kier molecular flexibility index (Phi) is 4.42. The van der Waals surface area contributed by atoms with Gasteiger partial charge in [-0.25, -0.2) is 0 Å². The van der Waals surface area contributed by atoms with Crippen LogP contribution in [0.2, 0.25) is 0 Å². The van der Waals surface area contributed by atoms with Crippen LogP contribution in [0.15, 0.2) is 36.4 Å². The minimum atomic E-state index is 0.0722. The lowest BCUT2D eigenvalue weighted by molar-refractivity contribution is 0.380. The van der Waals surface area contributed by atoms with Gasteiger partial charge in [0.25, 0.3) is 0 Å². The van der Waals surface area contributed by atoms with E-state index >= 15 is 0 Å². The fourth-order valence-corrected chi connectivity index (χ4v) is 1.93. The van der Waals surface area contributed by atoms with Crippen LogP contribution in [0.4, 0.5) is 5.69 Å². The Bertz CT molecular complexity index is 603. The van der Waals surface area contributed by atoms with Gasteiger partial charge in [-0.1, -0.05) is 6.07 Å². The number of phenols is 1. The number of ether oxygens (including phenoxy) is 3. The molecule has 0 fully saturated rings. The summed E-state index contributed by atoms with van der Waals surface area (Å²) in [6.45, 7) is 0. The Labute approximate surface area is 124 Å². The quantitative estimate of drug-likeness (QED) is 0.915. The van der Waals surface area contributed by atoms with Crippen molar-refractivity contribution in [1.82, 2.24) is 0 Å². The zero-order valence-corrected chi connectivity index (χ0v) is 12.6. The number of anilines is 1. The first kappa shape index (κ1) is 14.8. The molecule has 21 heavy (non-hydrogen) atoms. The van der Waals surface area contributed by atoms with Gasteiger partial charge in [-0.2, -0.15) is 0 Å². The molecule has 0 spiro atoms. The van der Waals surface area contributed by atoms with Crippen molar-refractivity contribution in [2.45, 2.75) is 0 Å². The fourth-order valence-electron chi connectivity index (χ4n) is 1.93. The SMILES string of the molecule is COc1cc(OC)cc(Oc2c(O)cccc2N(C)C)c1. The largest absolute Gasteiger partial charge is 0.504 e. The van der Waals surface area contributed by atoms with Gasteiger partial charge in [0.05, 0.1) is 19.9 Å². The molecule has 0 aliphatic heterocycles. The van der Waals surface area contributed by atoms with E-state index in [9.17, 15) is 5.11 Å². The highest BCUT2D eigenvalue weighted by Crippen LogP contribution is 2.40. The number of methoxy groups -OCH3 is 2. The Morgan fingerprint density at radius 3 is 2.00 bits per heavy atom. The molecular formula is C16H19NO4. The molecule has 0 amide bonds. The maximum atomic E-state index is 10.0. The number of para-hydroxylation sites is 1. The normalized spacial score (nSPS) is 10.1. The smallest absolute Gasteiger partial charge is 0.192 e. The van der Waals surface area contributed by atoms with Gasteiger partial charge >= 0.3 is 0 Å². The highest BCUT2D eigenvalue weighted by atomic mass is 16.5. The molecule has 2 rings (SSSR count). The number of rotatable bonds is 5. The van der Waals surface area contributed by atoms with Crippen molar-refractivity contribution in [1.29, 1.82) is 0 Å². The highest BCUT2D eigenvalue weighted by Gasteiger charge is 2.13. The van der Waals surface area contributed by atoms with Crippen LogP contribution >= 0.6 is 0 Å². The average molecular weight is 289 g/mol. The van der Waals surface area contributed by atoms with E-state index in [4.69, 9.17) is 14.2 Å². The summed E-state index contributed by atoms with van der Waals surface area (Å²) in [6.07, 6.45) is 0. The highest BCUT2D eigenvalue weighted by molar-refractivity contribution is 5.65. The molecule has 0 saturated carbocycles. The summed E-state index contributed by atoms with van der Waals surface area (Å²) in [5, 5.41) is 10.0. The molecule has 5 heteroatoms. The van der Waals surface area contributed by atoms with Crippen LogP contribution in [0.3, 0.4) is 0 Å². The summed E-state index contributed by atoms with van der Waals surface area (Å²) in [4.78, 5) is 1.87. The van der Waals surface area contributed by atoms with Crippen LogP contribution in [0.1, 0.15) is 0 Å². The summed E-state index contributed by atoms with van der Waals surface area (Å²) in [5.41, 5.74) is 0.775. The third kappa shape index (κ3) is 3.31. The summed E-state index contributed by atoms with van der Waals surface area (Å²) < 4.78 is 16.3. The maximum Gasteiger partial charge on any atom is 0.192 e. The topological polar surface area (TPSA) is 51.2 Å². The third-order valence-electron chi connectivity index (χ3n) is 3.00. The molecule has 0 bridgehead atoms. The number of hydrogen-bond donors (Lipinski definition) is 1. The zero-order chi connectivity index (χ0) is 15.4. The van der Waals surface area contributed by atoms with Gasteiger partial charge < -0.3 is 24.2 Å². The lowest BCUT2D eigenvalue weighted by Crippen LogP contribution is -2.09. The Hall–Kier alpha value is -2.56. The standard InChI is InChI=1S/C16H19NO4/c1-17(2)14-6-5-7-15(18)16(14)21-13-9-11(19-3)8-12(10-13)20-4/h5-10,18H,1-4H3. The van der Waals surface area contributed by atoms with Gasteiger partial charge in [0, 0.05) is 32.3 Å². The molecule has 1 N–H and O–H groups in total. The second kappa shape index (κ2) is 6.26. The van der Waals surface area contributed by atoms with Crippen LogP contribution < -0.4 is 19.1 Å². The van der Waals surface area contributed by atoms with E-state index in [0.29, 0.717) is 23.0 Å². The first-order chi connectivity index (χ1) is 10.0. The van der Waals surface area contributed by atoms with Crippen molar-refractivity contribution in [3.8, 4) is 28.7 Å². The van der Waals surface area contributed by atoms with E-state index in [2.05, 4.69) is 0 Å². The van der Waals surface area contributed by atoms with Crippen molar-refractivity contribution < 1.29 is 19.3 Å². The third-order valence-corrected chi connectivity index (χ3v) is 3.00. The molecule has 0 saturated heterocycles. The molecular weight excluding hydrogens is 270 g/mol. The van der Waals surface area contributed by atoms with Crippen LogP contribution in [0.5, 0.6) is 28.7 Å². The van der Waals surface area contributed by atoms with E-state index in [1.54, 1.807) is 44.6 Å². The van der Waals surface area contributed by atoms with Crippen molar-refractivity contribution in [2.75, 3.05) is 33.2 Å². The van der Waals surface area contributed by atoms with Gasteiger partial charge in [-0.3, -0.25) is 0 Å². The van der Waals surface area contributed by atoms with Gasteiger partial charge in [-0.15, -0.1) is 0 Å². The van der Waals surface area contributed by atoms with Crippen LogP contribution in [-0.2, 0) is 0 Å². The Morgan fingerprint density at radius 2 is 1.48 bits per heavy atom. The summed E-state index contributed by atoms with van der Waals surface area (Å²) in [5.74, 6) is 2.22. The number of aromatic hydroxyl groups is 1. The summed E-state index contributed by atoms with van der Waals surface area (Å²) in [6, 6.07) is 10.4. The number of phenolic OH excluding ortho intramolecular Hbond substituents is 1. The van der Waals surface area contributed by atoms with Gasteiger partial charge in [0.2, 0.25) is 0 Å². The molecule has 0 atom stereocenters. The molecule has 0 aliphatic carbocycles. The second-order valence-electron chi connectivity index (χ2n) is 4.67. The van der Waals surface area contributed by atoms with Crippen molar-refractivity contribution in [3.05, 3.63) is 36.4 Å². The lowest BCUT2D eigenvalue weighted by Gasteiger charge is -2.19. The fraction of sp³-hybridized carbons (Fsp3) is 0.250. The lowest BCUT2D eigenvalue weighted by atomic mass is 10.2. The van der Waals surface area contributed by atoms with Crippen LogP contribution in [-0.4, -0.2) is 33.4 Å². The van der Waals surface area contributed by atoms with Gasteiger partial charge in [-0.05, 0) is 12.1 Å². The molecule has 2 aromatic carbocycles. The first-order valence-electron chi connectivity index (χ1n) is 6.45. The summed E-state index contributed by atoms with van der Waals surface area (Å²) >= 11 is 0. The van der Waals surface area contributed by atoms with E-state index in [-0.39, 0.29) is 5.75 Å². The monoisotopic (exact) mass is 289 g/mol. The molecule has 0 heterocycles. The molecule has 0 unspecified atom stereocenters. The maximum absolute atomic E-state index is 10.0. The van der Waals surface area contributed by atoms with Crippen LogP contribution in [0.25, 0.3) is 0 Å². The molecule has 2 aromatic rings. The summed E-state index contributed by atoms with van der Waals surface area (Å²) in [7, 11) is 6.91. The Balaban J connectivity index is 2.42.